The number of benzene rings is 2. The molecule has 6 heterocycles. The van der Waals surface area contributed by atoms with E-state index in [1.54, 1.807) is 30.5 Å². The van der Waals surface area contributed by atoms with E-state index in [0.29, 0.717) is 49.6 Å². The molecule has 8 rings (SSSR count). The molecule has 2 N–H and O–H groups in total. The van der Waals surface area contributed by atoms with Crippen molar-refractivity contribution < 1.29 is 41.7 Å². The van der Waals surface area contributed by atoms with Crippen LogP contribution in [0.15, 0.2) is 65.2 Å². The third kappa shape index (κ3) is 5.88. The third-order valence-corrected chi connectivity index (χ3v) is 9.98. The lowest BCUT2D eigenvalue weighted by Gasteiger charge is -2.53. The highest BCUT2D eigenvalue weighted by atomic mass is 19.4. The molecule has 3 fully saturated rings. The van der Waals surface area contributed by atoms with Crippen molar-refractivity contribution in [3.63, 3.8) is 0 Å². The molecule has 51 heavy (non-hydrogen) atoms. The molecule has 266 valence electrons. The number of hydrogen-bond acceptors (Lipinski definition) is 11. The Morgan fingerprint density at radius 3 is 2.67 bits per heavy atom. The Hall–Kier alpha value is -4.99. The summed E-state index contributed by atoms with van der Waals surface area (Å²) in [5.41, 5.74) is 3.35. The Kier molecular flexibility index (Phi) is 8.23. The minimum Gasteiger partial charge on any atom is -0.480 e. The highest BCUT2D eigenvalue weighted by Crippen LogP contribution is 2.42. The molecule has 0 bridgehead atoms. The molecular formula is C36H35F3N6O6. The van der Waals surface area contributed by atoms with Crippen LogP contribution in [0.25, 0.3) is 33.2 Å². The number of carboxylic acid groups (broad SMARTS) is 1. The summed E-state index contributed by atoms with van der Waals surface area (Å²) in [6.07, 6.45) is -4.00. The first-order chi connectivity index (χ1) is 24.5. The molecular weight excluding hydrogens is 669 g/mol. The van der Waals surface area contributed by atoms with Crippen molar-refractivity contribution in [1.29, 1.82) is 0 Å². The highest BCUT2D eigenvalue weighted by molar-refractivity contribution is 6.06. The molecule has 3 saturated heterocycles. The van der Waals surface area contributed by atoms with Gasteiger partial charge in [-0.15, -0.1) is 0 Å². The molecule has 3 aromatic heterocycles. The normalized spacial score (nSPS) is 21.8. The monoisotopic (exact) mass is 704 g/mol. The first kappa shape index (κ1) is 33.2. The molecule has 12 nitrogen and oxygen atoms in total. The van der Waals surface area contributed by atoms with Crippen LogP contribution in [0.4, 0.5) is 24.7 Å². The van der Waals surface area contributed by atoms with Crippen molar-refractivity contribution in [2.24, 2.45) is 0 Å². The van der Waals surface area contributed by atoms with E-state index in [9.17, 15) is 23.1 Å². The number of carboxylic acids is 1. The number of nitrogens with one attached hydrogen (secondary N) is 1. The van der Waals surface area contributed by atoms with E-state index >= 15 is 0 Å². The maximum Gasteiger partial charge on any atom is 0.451 e. The van der Waals surface area contributed by atoms with Crippen molar-refractivity contribution in [3.05, 3.63) is 72.2 Å². The van der Waals surface area contributed by atoms with Gasteiger partial charge in [0.05, 0.1) is 32.4 Å². The number of anilines is 2. The molecule has 0 amide bonds. The third-order valence-electron chi connectivity index (χ3n) is 9.98. The van der Waals surface area contributed by atoms with Crippen LogP contribution in [0, 0.1) is 0 Å². The van der Waals surface area contributed by atoms with Gasteiger partial charge in [-0.05, 0) is 49.4 Å². The lowest BCUT2D eigenvalue weighted by molar-refractivity contribution is -0.228. The zero-order valence-corrected chi connectivity index (χ0v) is 27.8. The van der Waals surface area contributed by atoms with E-state index in [4.69, 9.17) is 23.6 Å². The van der Waals surface area contributed by atoms with Crippen LogP contribution in [0.1, 0.15) is 24.7 Å². The van der Waals surface area contributed by atoms with E-state index in [1.807, 2.05) is 31.3 Å². The van der Waals surface area contributed by atoms with Gasteiger partial charge >= 0.3 is 12.1 Å². The zero-order valence-electron chi connectivity index (χ0n) is 27.8. The molecule has 1 spiro atoms. The lowest BCUT2D eigenvalue weighted by Crippen LogP contribution is -2.68. The smallest absolute Gasteiger partial charge is 0.451 e. The predicted octanol–water partition coefficient (Wildman–Crippen LogP) is 5.28. The molecule has 3 atom stereocenters. The zero-order chi connectivity index (χ0) is 35.5. The van der Waals surface area contributed by atoms with Gasteiger partial charge in [0.25, 0.3) is 0 Å². The molecule has 3 aliphatic rings. The van der Waals surface area contributed by atoms with E-state index in [2.05, 4.69) is 33.2 Å². The number of rotatable bonds is 8. The van der Waals surface area contributed by atoms with Gasteiger partial charge in [0.1, 0.15) is 34.5 Å². The van der Waals surface area contributed by atoms with Gasteiger partial charge in [-0.25, -0.2) is 19.7 Å². The largest absolute Gasteiger partial charge is 0.480 e. The van der Waals surface area contributed by atoms with Crippen LogP contribution in [0.2, 0.25) is 0 Å². The number of pyridine rings is 1. The van der Waals surface area contributed by atoms with Gasteiger partial charge in [-0.1, -0.05) is 30.3 Å². The van der Waals surface area contributed by atoms with Crippen LogP contribution in [0.3, 0.4) is 0 Å². The maximum atomic E-state index is 14.1. The van der Waals surface area contributed by atoms with E-state index in [-0.39, 0.29) is 41.8 Å². The van der Waals surface area contributed by atoms with Crippen LogP contribution in [-0.4, -0.2) is 89.8 Å². The number of halogens is 3. The fourth-order valence-corrected chi connectivity index (χ4v) is 7.27. The van der Waals surface area contributed by atoms with Crippen LogP contribution in [0.5, 0.6) is 5.88 Å². The van der Waals surface area contributed by atoms with Gasteiger partial charge in [0.2, 0.25) is 11.7 Å². The molecule has 0 radical (unpaired) electrons. The van der Waals surface area contributed by atoms with Gasteiger partial charge in [-0.3, -0.25) is 0 Å². The summed E-state index contributed by atoms with van der Waals surface area (Å²) >= 11 is 0. The number of carbonyl (C=O) groups is 1. The van der Waals surface area contributed by atoms with Crippen LogP contribution in [-0.2, 0) is 27.0 Å². The van der Waals surface area contributed by atoms with Gasteiger partial charge in [0.15, 0.2) is 11.4 Å². The Morgan fingerprint density at radius 2 is 1.92 bits per heavy atom. The minimum atomic E-state index is -4.89. The average molecular weight is 705 g/mol. The number of nitrogens with zero attached hydrogens (tertiary/aromatic N) is 5. The molecule has 0 aliphatic carbocycles. The average Bonchev–Trinajstić information content (AvgIpc) is 3.69. The highest BCUT2D eigenvalue weighted by Gasteiger charge is 2.50. The summed E-state index contributed by atoms with van der Waals surface area (Å²) in [4.78, 5) is 28.6. The van der Waals surface area contributed by atoms with E-state index in [1.165, 1.54) is 4.90 Å². The van der Waals surface area contributed by atoms with Crippen molar-refractivity contribution in [1.82, 2.24) is 20.3 Å². The number of furan rings is 1. The number of hydrogen-bond donors (Lipinski definition) is 2. The second kappa shape index (κ2) is 12.7. The predicted molar refractivity (Wildman–Crippen MR) is 181 cm³/mol. The molecule has 0 unspecified atom stereocenters. The Balaban J connectivity index is 1.18. The summed E-state index contributed by atoms with van der Waals surface area (Å²) < 4.78 is 66.6. The number of aliphatic carboxylic acids is 1. The minimum absolute atomic E-state index is 0.0325. The quantitative estimate of drug-likeness (QED) is 0.218. The van der Waals surface area contributed by atoms with E-state index in [0.717, 1.165) is 16.7 Å². The molecule has 5 aromatic rings. The van der Waals surface area contributed by atoms with Crippen LogP contribution >= 0.6 is 0 Å². The summed E-state index contributed by atoms with van der Waals surface area (Å²) in [5.74, 6) is -2.62. The first-order valence-corrected chi connectivity index (χ1v) is 16.7. The standard InChI is InChI=1S/C36H35F3N6O6/c1-20-35(18-48-19-35)49-11-10-44(20)26-13-23(22-7-5-6-21(12-22)15-40-2)16-41-32(26)50-24-14-27(33(46)47)45(17-24)31-30-29(42-34(43-31)36(37,38)39)25-8-3-4-9-28(25)51-30/h3-9,12-13,16,20,24,27,40H,10-11,14-15,17-19H2,1-2H3,(H,46,47)/t20-,24-,27-/m0/s1. The fourth-order valence-electron chi connectivity index (χ4n) is 7.27. The molecule has 2 aromatic carbocycles. The number of morpholine rings is 1. The summed E-state index contributed by atoms with van der Waals surface area (Å²) in [7, 11) is 1.89. The van der Waals surface area contributed by atoms with Crippen molar-refractivity contribution in [2.75, 3.05) is 49.8 Å². The second-order valence-electron chi connectivity index (χ2n) is 13.2. The number of fused-ring (bicyclic) bond motifs is 3. The Labute approximate surface area is 290 Å². The topological polar surface area (TPSA) is 135 Å². The summed E-state index contributed by atoms with van der Waals surface area (Å²) in [5, 5.41) is 13.9. The van der Waals surface area contributed by atoms with Crippen molar-refractivity contribution >= 4 is 39.5 Å². The van der Waals surface area contributed by atoms with Crippen molar-refractivity contribution in [2.45, 2.75) is 49.9 Å². The van der Waals surface area contributed by atoms with Crippen LogP contribution < -0.4 is 19.9 Å². The molecule has 0 saturated carbocycles. The summed E-state index contributed by atoms with van der Waals surface area (Å²) in [6.45, 7) is 4.57. The lowest BCUT2D eigenvalue weighted by atomic mass is 9.90. The number of alkyl halides is 3. The molecule has 15 heteroatoms. The van der Waals surface area contributed by atoms with Gasteiger partial charge in [0, 0.05) is 36.7 Å². The maximum absolute atomic E-state index is 14.1. The number of aromatic nitrogens is 3. The van der Waals surface area contributed by atoms with Crippen molar-refractivity contribution in [3.8, 4) is 17.0 Å². The number of ether oxygens (including phenoxy) is 3. The van der Waals surface area contributed by atoms with Gasteiger partial charge in [-0.2, -0.15) is 13.2 Å². The second-order valence-corrected chi connectivity index (χ2v) is 13.2. The molecule has 3 aliphatic heterocycles. The Morgan fingerprint density at radius 1 is 1.10 bits per heavy atom. The fraction of sp³-hybridized carbons (Fsp3) is 0.389. The SMILES string of the molecule is CNCc1cccc(-c2cnc(O[C@H]3C[C@@H](C(=O)O)N(c4nc(C(F)(F)F)nc5c4oc4ccccc45)C3)c(N3CCOC4(COC4)[C@@H]3C)c2)c1. The van der Waals surface area contributed by atoms with Gasteiger partial charge < -0.3 is 38.9 Å². The number of para-hydroxylation sites is 1. The first-order valence-electron chi connectivity index (χ1n) is 16.7. The summed E-state index contributed by atoms with van der Waals surface area (Å²) in [6, 6.07) is 15.3. The Bertz CT molecular complexity index is 2120. The van der Waals surface area contributed by atoms with E-state index < -0.39 is 35.7 Å².